The molecule has 0 unspecified atom stereocenters. The van der Waals surface area contributed by atoms with Crippen LogP contribution in [0.25, 0.3) is 0 Å². The van der Waals surface area contributed by atoms with Gasteiger partial charge in [-0.25, -0.2) is 4.39 Å². The van der Waals surface area contributed by atoms with Gasteiger partial charge in [-0.3, -0.25) is 15.0 Å². The van der Waals surface area contributed by atoms with Gasteiger partial charge in [0.1, 0.15) is 17.7 Å². The molecule has 2 aromatic rings. The molecule has 0 saturated carbocycles. The lowest BCUT2D eigenvalue weighted by Crippen LogP contribution is -2.40. The Morgan fingerprint density at radius 2 is 1.86 bits per heavy atom. The third-order valence-electron chi connectivity index (χ3n) is 6.02. The van der Waals surface area contributed by atoms with Crippen molar-refractivity contribution in [3.8, 4) is 11.5 Å². The first-order valence-electron chi connectivity index (χ1n) is 11.9. The molecule has 11 heteroatoms. The molecule has 1 atom stereocenters. The number of carbonyl (C=O) groups excluding carboxylic acids is 2. The Bertz CT molecular complexity index is 1090. The number of amidine groups is 1. The van der Waals surface area contributed by atoms with Crippen LogP contribution in [-0.4, -0.2) is 55.5 Å². The highest BCUT2D eigenvalue weighted by Crippen LogP contribution is 2.34. The van der Waals surface area contributed by atoms with E-state index in [2.05, 4.69) is 5.32 Å². The largest absolute Gasteiger partial charge is 0.494 e. The number of amides is 2. The topological polar surface area (TPSA) is 127 Å². The van der Waals surface area contributed by atoms with Gasteiger partial charge in [-0.15, -0.1) is 12.4 Å². The molecule has 202 valence electrons. The molecule has 0 aliphatic carbocycles. The first-order valence-corrected chi connectivity index (χ1v) is 11.9. The number of hydrogen-bond acceptors (Lipinski definition) is 6. The van der Waals surface area contributed by atoms with E-state index in [1.54, 1.807) is 36.1 Å². The summed E-state index contributed by atoms with van der Waals surface area (Å²) >= 11 is 0. The van der Waals surface area contributed by atoms with E-state index < -0.39 is 17.8 Å². The lowest BCUT2D eigenvalue weighted by Gasteiger charge is -2.31. The number of nitrogens with two attached hydrogens (primary N) is 1. The van der Waals surface area contributed by atoms with Gasteiger partial charge in [0.2, 0.25) is 5.91 Å². The summed E-state index contributed by atoms with van der Waals surface area (Å²) in [6.45, 7) is 4.93. The first-order chi connectivity index (χ1) is 17.2. The van der Waals surface area contributed by atoms with E-state index in [9.17, 15) is 9.59 Å². The third kappa shape index (κ3) is 7.80. The summed E-state index contributed by atoms with van der Waals surface area (Å²) < 4.78 is 32.5. The number of rotatable bonds is 10. The van der Waals surface area contributed by atoms with Gasteiger partial charge in [0, 0.05) is 63.7 Å². The van der Waals surface area contributed by atoms with Crippen molar-refractivity contribution in [3.63, 3.8) is 0 Å². The lowest BCUT2D eigenvalue weighted by atomic mass is 10.0. The number of ether oxygens (including phenoxy) is 3. The Labute approximate surface area is 222 Å². The van der Waals surface area contributed by atoms with Crippen LogP contribution >= 0.6 is 12.4 Å². The van der Waals surface area contributed by atoms with Crippen LogP contribution in [0.2, 0.25) is 0 Å². The zero-order valence-electron chi connectivity index (χ0n) is 21.2. The zero-order chi connectivity index (χ0) is 26.2. The number of nitrogens with zero attached hydrogens (tertiary/aromatic N) is 1. The van der Waals surface area contributed by atoms with E-state index in [0.29, 0.717) is 43.9 Å². The number of likely N-dealkylation sites (tertiary alicyclic amines) is 1. The highest BCUT2D eigenvalue weighted by molar-refractivity contribution is 5.94. The monoisotopic (exact) mass is 536 g/mol. The van der Waals surface area contributed by atoms with Crippen LogP contribution in [0.3, 0.4) is 0 Å². The van der Waals surface area contributed by atoms with Crippen LogP contribution in [0, 0.1) is 11.2 Å². The van der Waals surface area contributed by atoms with Crippen molar-refractivity contribution >= 4 is 30.1 Å². The fourth-order valence-electron chi connectivity index (χ4n) is 4.05. The molecule has 0 bridgehead atoms. The van der Waals surface area contributed by atoms with Crippen LogP contribution in [0.5, 0.6) is 11.5 Å². The molecule has 0 radical (unpaired) electrons. The van der Waals surface area contributed by atoms with Crippen molar-refractivity contribution in [2.75, 3.05) is 26.8 Å². The summed E-state index contributed by atoms with van der Waals surface area (Å²) in [5.41, 5.74) is 6.84. The molecule has 1 saturated heterocycles. The second kappa shape index (κ2) is 13.8. The van der Waals surface area contributed by atoms with Crippen LogP contribution in [0.4, 0.5) is 4.39 Å². The first kappa shape index (κ1) is 29.9. The Kier molecular flexibility index (Phi) is 11.1. The third-order valence-corrected chi connectivity index (χ3v) is 6.02. The maximum atomic E-state index is 15.6. The molecule has 1 fully saturated rings. The van der Waals surface area contributed by atoms with Gasteiger partial charge in [0.05, 0.1) is 6.61 Å². The highest BCUT2D eigenvalue weighted by Gasteiger charge is 2.29. The summed E-state index contributed by atoms with van der Waals surface area (Å²) in [5.74, 6) is -0.922. The van der Waals surface area contributed by atoms with Gasteiger partial charge in [0.15, 0.2) is 17.7 Å². The van der Waals surface area contributed by atoms with Crippen LogP contribution in [-0.2, 0) is 20.9 Å². The maximum Gasteiger partial charge on any atom is 0.254 e. The van der Waals surface area contributed by atoms with Crippen molar-refractivity contribution in [1.29, 1.82) is 5.41 Å². The van der Waals surface area contributed by atoms with Gasteiger partial charge >= 0.3 is 0 Å². The number of methoxy groups -OCH3 is 1. The molecule has 37 heavy (non-hydrogen) atoms. The maximum absolute atomic E-state index is 15.6. The molecule has 2 aromatic carbocycles. The molecule has 9 nitrogen and oxygen atoms in total. The summed E-state index contributed by atoms with van der Waals surface area (Å²) in [5, 5.41) is 10.2. The number of nitrogens with one attached hydrogen (secondary N) is 2. The van der Waals surface area contributed by atoms with E-state index in [0.717, 1.165) is 5.56 Å². The normalized spacial score (nSPS) is 14.3. The number of piperidine rings is 1. The Morgan fingerprint density at radius 1 is 1.22 bits per heavy atom. The van der Waals surface area contributed by atoms with E-state index in [-0.39, 0.29) is 48.1 Å². The lowest BCUT2D eigenvalue weighted by molar-refractivity contribution is -0.132. The van der Waals surface area contributed by atoms with E-state index in [4.69, 9.17) is 25.4 Å². The summed E-state index contributed by atoms with van der Waals surface area (Å²) in [4.78, 5) is 26.3. The van der Waals surface area contributed by atoms with Crippen LogP contribution in [0.15, 0.2) is 36.4 Å². The molecule has 3 rings (SSSR count). The van der Waals surface area contributed by atoms with Crippen molar-refractivity contribution in [3.05, 3.63) is 58.9 Å². The number of nitrogen functional groups attached to an aromatic ring is 1. The zero-order valence-corrected chi connectivity index (χ0v) is 22.0. The van der Waals surface area contributed by atoms with Crippen molar-refractivity contribution in [2.45, 2.75) is 45.4 Å². The molecule has 1 heterocycles. The summed E-state index contributed by atoms with van der Waals surface area (Å²) in [7, 11) is 1.33. The van der Waals surface area contributed by atoms with Crippen molar-refractivity contribution in [2.24, 2.45) is 5.73 Å². The molecule has 0 aromatic heterocycles. The number of halogens is 2. The second-order valence-corrected chi connectivity index (χ2v) is 8.53. The Morgan fingerprint density at radius 3 is 2.41 bits per heavy atom. The van der Waals surface area contributed by atoms with E-state index >= 15 is 4.39 Å². The molecular weight excluding hydrogens is 503 g/mol. The Balaban J connectivity index is 0.00000481. The van der Waals surface area contributed by atoms with E-state index in [1.165, 1.54) is 26.2 Å². The minimum atomic E-state index is -1.23. The summed E-state index contributed by atoms with van der Waals surface area (Å²) in [6, 6.07) is 9.79. The molecule has 1 aliphatic rings. The summed E-state index contributed by atoms with van der Waals surface area (Å²) in [6.07, 6.45) is -0.357. The second-order valence-electron chi connectivity index (χ2n) is 8.53. The van der Waals surface area contributed by atoms with E-state index in [1.807, 2.05) is 0 Å². The van der Waals surface area contributed by atoms with Gasteiger partial charge < -0.3 is 30.2 Å². The van der Waals surface area contributed by atoms with Gasteiger partial charge in [-0.1, -0.05) is 24.3 Å². The predicted molar refractivity (Wildman–Crippen MR) is 140 cm³/mol. The average molecular weight is 537 g/mol. The van der Waals surface area contributed by atoms with Gasteiger partial charge in [0.25, 0.3) is 5.91 Å². The van der Waals surface area contributed by atoms with Crippen LogP contribution in [0.1, 0.15) is 49.5 Å². The van der Waals surface area contributed by atoms with Crippen molar-refractivity contribution < 1.29 is 28.2 Å². The van der Waals surface area contributed by atoms with Gasteiger partial charge in [-0.05, 0) is 18.6 Å². The molecular formula is C26H34ClFN4O5. The number of hydrogen-bond donors (Lipinski definition) is 3. The Hall–Kier alpha value is -3.37. The van der Waals surface area contributed by atoms with Crippen LogP contribution < -0.4 is 20.5 Å². The molecule has 4 N–H and O–H groups in total. The minimum Gasteiger partial charge on any atom is -0.494 e. The smallest absolute Gasteiger partial charge is 0.254 e. The number of carbonyl (C=O) groups is 2. The number of benzene rings is 2. The quantitative estimate of drug-likeness (QED) is 0.316. The molecule has 1 aliphatic heterocycles. The highest BCUT2D eigenvalue weighted by atomic mass is 35.5. The fraction of sp³-hybridized carbons (Fsp3) is 0.423. The minimum absolute atomic E-state index is 0. The predicted octanol–water partition coefficient (Wildman–Crippen LogP) is 3.32. The molecule has 2 amide bonds. The van der Waals surface area contributed by atoms with Gasteiger partial charge in [-0.2, -0.15) is 0 Å². The van der Waals surface area contributed by atoms with Crippen molar-refractivity contribution in [1.82, 2.24) is 10.2 Å². The SMILES string of the molecule is CCOc1cc(OC2CCN(C(C)=O)CC2)c(F)c([C@H](OC)C(=O)NCc2ccc(C(=N)N)cc2)c1.Cl. The molecule has 0 spiro atoms. The fourth-order valence-corrected chi connectivity index (χ4v) is 4.05. The standard InChI is InChI=1S/C26H33FN4O5.ClH/c1-4-35-20-13-21(23(27)22(14-20)36-19-9-11-31(12-10-19)16(2)32)24(34-3)26(33)30-15-17-5-7-18(8-6-17)25(28)29;/h5-8,13-14,19,24H,4,9-12,15H2,1-3H3,(H3,28,29)(H,30,33);1H/t24-;/m0./s1. The average Bonchev–Trinajstić information content (AvgIpc) is 2.86.